The zero-order chi connectivity index (χ0) is 23.3. The summed E-state index contributed by atoms with van der Waals surface area (Å²) in [6.07, 6.45) is -5.25. The average molecular weight is 467 g/mol. The van der Waals surface area contributed by atoms with Crippen LogP contribution in [0, 0.1) is 0 Å². The number of aromatic nitrogens is 4. The number of carbonyl (C=O) groups is 1. The van der Waals surface area contributed by atoms with E-state index in [-0.39, 0.29) is 17.5 Å². The summed E-state index contributed by atoms with van der Waals surface area (Å²) in [5.41, 5.74) is 3.63. The number of carbonyl (C=O) groups excluding carboxylic acids is 1. The lowest BCUT2D eigenvalue weighted by molar-refractivity contribution is -0.140. The van der Waals surface area contributed by atoms with Gasteiger partial charge in [-0.2, -0.15) is 18.2 Å². The standard InChI is InChI=1S/C19H20F3N7O4/c20-19(21,22)15-9(8-24-16(23)27-15)10-7-13(26-17(25-10)28-3-5-32-6-4-28)29-11-1-2-12(30)14(11)33-18(29)31/h7-8,11-12,14,30H,1-6H2,(H2,23,24,27)/t11-,12-,14?/m0/s1. The van der Waals surface area contributed by atoms with Crippen molar-refractivity contribution >= 4 is 23.8 Å². The van der Waals surface area contributed by atoms with Crippen molar-refractivity contribution in [3.05, 3.63) is 18.0 Å². The van der Waals surface area contributed by atoms with E-state index in [1.54, 1.807) is 4.90 Å². The highest BCUT2D eigenvalue weighted by molar-refractivity contribution is 5.91. The van der Waals surface area contributed by atoms with Crippen molar-refractivity contribution in [3.8, 4) is 11.3 Å². The van der Waals surface area contributed by atoms with Gasteiger partial charge >= 0.3 is 12.3 Å². The van der Waals surface area contributed by atoms with E-state index in [0.29, 0.717) is 39.1 Å². The molecule has 3 fully saturated rings. The number of nitrogens with two attached hydrogens (primary N) is 1. The molecule has 0 radical (unpaired) electrons. The quantitative estimate of drug-likeness (QED) is 0.677. The fourth-order valence-electron chi connectivity index (χ4n) is 4.32. The van der Waals surface area contributed by atoms with Crippen molar-refractivity contribution in [2.75, 3.05) is 41.8 Å². The Labute approximate surface area is 185 Å². The summed E-state index contributed by atoms with van der Waals surface area (Å²) in [4.78, 5) is 31.5. The third-order valence-electron chi connectivity index (χ3n) is 5.88. The summed E-state index contributed by atoms with van der Waals surface area (Å²) in [6.45, 7) is 1.62. The molecule has 33 heavy (non-hydrogen) atoms. The highest BCUT2D eigenvalue weighted by Gasteiger charge is 2.51. The molecule has 3 atom stereocenters. The third-order valence-corrected chi connectivity index (χ3v) is 5.88. The van der Waals surface area contributed by atoms with Crippen LogP contribution in [0.3, 0.4) is 0 Å². The van der Waals surface area contributed by atoms with Crippen molar-refractivity contribution in [1.82, 2.24) is 19.9 Å². The van der Waals surface area contributed by atoms with E-state index >= 15 is 0 Å². The van der Waals surface area contributed by atoms with Crippen molar-refractivity contribution < 1.29 is 32.5 Å². The van der Waals surface area contributed by atoms with Gasteiger partial charge in [-0.15, -0.1) is 0 Å². The molecule has 2 aromatic rings. The summed E-state index contributed by atoms with van der Waals surface area (Å²) in [7, 11) is 0. The number of nitrogens with zero attached hydrogens (tertiary/aromatic N) is 6. The topological polar surface area (TPSA) is 140 Å². The first-order chi connectivity index (χ1) is 15.7. The summed E-state index contributed by atoms with van der Waals surface area (Å²) in [5, 5.41) is 10.1. The Balaban J connectivity index is 1.64. The minimum atomic E-state index is -4.82. The second kappa shape index (κ2) is 7.95. The number of amides is 1. The maximum Gasteiger partial charge on any atom is 0.434 e. The van der Waals surface area contributed by atoms with E-state index in [1.807, 2.05) is 0 Å². The first-order valence-electron chi connectivity index (χ1n) is 10.3. The monoisotopic (exact) mass is 467 g/mol. The molecule has 11 nitrogen and oxygen atoms in total. The molecule has 2 saturated heterocycles. The van der Waals surface area contributed by atoms with Gasteiger partial charge < -0.3 is 25.2 Å². The molecule has 4 heterocycles. The molecule has 3 aliphatic rings. The molecule has 0 bridgehead atoms. The zero-order valence-electron chi connectivity index (χ0n) is 17.2. The lowest BCUT2D eigenvalue weighted by Gasteiger charge is -2.28. The number of ether oxygens (including phenoxy) is 2. The highest BCUT2D eigenvalue weighted by Crippen LogP contribution is 2.40. The molecule has 2 aromatic heterocycles. The predicted molar refractivity (Wildman–Crippen MR) is 107 cm³/mol. The van der Waals surface area contributed by atoms with Crippen molar-refractivity contribution in [3.63, 3.8) is 0 Å². The number of halogens is 3. The van der Waals surface area contributed by atoms with Gasteiger partial charge in [-0.1, -0.05) is 0 Å². The number of hydrogen-bond donors (Lipinski definition) is 2. The van der Waals surface area contributed by atoms with Crippen LogP contribution in [-0.4, -0.2) is 75.7 Å². The number of nitrogen functional groups attached to an aromatic ring is 1. The number of aliphatic hydroxyl groups excluding tert-OH is 1. The number of morpholine rings is 1. The molecule has 1 aliphatic carbocycles. The minimum Gasteiger partial charge on any atom is -0.441 e. The summed E-state index contributed by atoms with van der Waals surface area (Å²) in [5.74, 6) is -0.330. The van der Waals surface area contributed by atoms with E-state index in [1.165, 1.54) is 11.0 Å². The molecule has 0 aromatic carbocycles. The third kappa shape index (κ3) is 3.88. The number of hydrogen-bond acceptors (Lipinski definition) is 10. The maximum atomic E-state index is 13.7. The highest BCUT2D eigenvalue weighted by atomic mass is 19.4. The Morgan fingerprint density at radius 1 is 1.15 bits per heavy atom. The summed E-state index contributed by atoms with van der Waals surface area (Å²) >= 11 is 0. The zero-order valence-corrected chi connectivity index (χ0v) is 17.2. The average Bonchev–Trinajstić information content (AvgIpc) is 3.31. The van der Waals surface area contributed by atoms with Gasteiger partial charge in [-0.05, 0) is 12.8 Å². The van der Waals surface area contributed by atoms with Crippen LogP contribution in [0.25, 0.3) is 11.3 Å². The fraction of sp³-hybridized carbons (Fsp3) is 0.526. The van der Waals surface area contributed by atoms with E-state index in [2.05, 4.69) is 19.9 Å². The molecule has 0 spiro atoms. The van der Waals surface area contributed by atoms with Crippen molar-refractivity contribution in [2.45, 2.75) is 37.3 Å². The van der Waals surface area contributed by atoms with E-state index < -0.39 is 47.7 Å². The summed E-state index contributed by atoms with van der Waals surface area (Å²) in [6, 6.07) is 0.778. The first-order valence-corrected chi connectivity index (χ1v) is 10.3. The molecular weight excluding hydrogens is 447 g/mol. The Morgan fingerprint density at radius 3 is 2.64 bits per heavy atom. The fourth-order valence-corrected chi connectivity index (χ4v) is 4.32. The lowest BCUT2D eigenvalue weighted by Crippen LogP contribution is -2.39. The molecule has 176 valence electrons. The van der Waals surface area contributed by atoms with Gasteiger partial charge in [-0.3, -0.25) is 4.90 Å². The van der Waals surface area contributed by atoms with Gasteiger partial charge in [0.2, 0.25) is 11.9 Å². The number of anilines is 3. The minimum absolute atomic E-state index is 0.0676. The van der Waals surface area contributed by atoms with Gasteiger partial charge in [0.05, 0.1) is 31.1 Å². The molecule has 2 aliphatic heterocycles. The van der Waals surface area contributed by atoms with Crippen LogP contribution >= 0.6 is 0 Å². The van der Waals surface area contributed by atoms with Gasteiger partial charge in [0.1, 0.15) is 5.82 Å². The van der Waals surface area contributed by atoms with Crippen LogP contribution in [0.15, 0.2) is 12.3 Å². The number of rotatable bonds is 3. The number of aliphatic hydroxyl groups is 1. The van der Waals surface area contributed by atoms with E-state index in [9.17, 15) is 23.1 Å². The van der Waals surface area contributed by atoms with Crippen LogP contribution in [0.1, 0.15) is 18.5 Å². The molecule has 3 N–H and O–H groups in total. The normalized spacial score (nSPS) is 25.3. The first kappa shape index (κ1) is 21.6. The van der Waals surface area contributed by atoms with Gasteiger partial charge in [0.15, 0.2) is 11.8 Å². The van der Waals surface area contributed by atoms with Gasteiger partial charge in [-0.25, -0.2) is 19.7 Å². The molecular formula is C19H20F3N7O4. The van der Waals surface area contributed by atoms with Gasteiger partial charge in [0.25, 0.3) is 0 Å². The van der Waals surface area contributed by atoms with Crippen LogP contribution in [0.2, 0.25) is 0 Å². The van der Waals surface area contributed by atoms with Crippen LogP contribution in [0.5, 0.6) is 0 Å². The Hall–Kier alpha value is -3.26. The molecule has 1 saturated carbocycles. The molecule has 1 amide bonds. The van der Waals surface area contributed by atoms with E-state index in [4.69, 9.17) is 15.2 Å². The van der Waals surface area contributed by atoms with Crippen LogP contribution < -0.4 is 15.5 Å². The summed E-state index contributed by atoms with van der Waals surface area (Å²) < 4.78 is 51.8. The van der Waals surface area contributed by atoms with Crippen molar-refractivity contribution in [2.24, 2.45) is 0 Å². The molecule has 14 heteroatoms. The smallest absolute Gasteiger partial charge is 0.434 e. The Kier molecular flexibility index (Phi) is 5.20. The Morgan fingerprint density at radius 2 is 1.91 bits per heavy atom. The van der Waals surface area contributed by atoms with Crippen LogP contribution in [-0.2, 0) is 15.7 Å². The van der Waals surface area contributed by atoms with Crippen molar-refractivity contribution in [1.29, 1.82) is 0 Å². The van der Waals surface area contributed by atoms with Gasteiger partial charge in [0, 0.05) is 30.9 Å². The lowest BCUT2D eigenvalue weighted by atomic mass is 10.1. The van der Waals surface area contributed by atoms with Crippen LogP contribution in [0.4, 0.5) is 35.7 Å². The molecule has 5 rings (SSSR count). The number of fused-ring (bicyclic) bond motifs is 1. The van der Waals surface area contributed by atoms with E-state index in [0.717, 1.165) is 6.20 Å². The number of alkyl halides is 3. The SMILES string of the molecule is Nc1ncc(-c2cc(N3C(=O)OC4[C@@H](O)CC[C@@H]43)nc(N3CCOCC3)n2)c(C(F)(F)F)n1. The maximum absolute atomic E-state index is 13.7. The molecule has 1 unspecified atom stereocenters. The Bertz CT molecular complexity index is 1080. The largest absolute Gasteiger partial charge is 0.441 e. The second-order valence-corrected chi connectivity index (χ2v) is 7.93. The predicted octanol–water partition coefficient (Wildman–Crippen LogP) is 1.22. The second-order valence-electron chi connectivity index (χ2n) is 7.93.